The Morgan fingerprint density at radius 2 is 2.22 bits per heavy atom. The van der Waals surface area contributed by atoms with Crippen LogP contribution in [0.5, 0.6) is 0 Å². The van der Waals surface area contributed by atoms with Gasteiger partial charge in [-0.25, -0.2) is 0 Å². The van der Waals surface area contributed by atoms with Gasteiger partial charge in [0, 0.05) is 25.6 Å². The molecule has 0 aromatic heterocycles. The first-order valence-corrected chi connectivity index (χ1v) is 5.99. The van der Waals surface area contributed by atoms with Crippen LogP contribution in [0.4, 0.5) is 0 Å². The SMILES string of the molecule is O=C(/C=C/c1ccccc1)NC[C@]1(O)CCOC1. The largest absolute Gasteiger partial charge is 0.386 e. The highest BCUT2D eigenvalue weighted by molar-refractivity contribution is 5.91. The lowest BCUT2D eigenvalue weighted by molar-refractivity contribution is -0.117. The molecule has 18 heavy (non-hydrogen) atoms. The van der Waals surface area contributed by atoms with Crippen LogP contribution in [0.2, 0.25) is 0 Å². The van der Waals surface area contributed by atoms with E-state index in [2.05, 4.69) is 5.32 Å². The summed E-state index contributed by atoms with van der Waals surface area (Å²) in [4.78, 5) is 11.6. The Bertz CT molecular complexity index is 422. The van der Waals surface area contributed by atoms with E-state index in [0.29, 0.717) is 13.0 Å². The molecule has 2 rings (SSSR count). The quantitative estimate of drug-likeness (QED) is 0.779. The molecule has 1 heterocycles. The van der Waals surface area contributed by atoms with E-state index in [1.54, 1.807) is 6.08 Å². The summed E-state index contributed by atoms with van der Waals surface area (Å²) in [6.07, 6.45) is 3.77. The Hall–Kier alpha value is -1.65. The molecule has 4 nitrogen and oxygen atoms in total. The summed E-state index contributed by atoms with van der Waals surface area (Å²) in [5.41, 5.74) is 0.0616. The Morgan fingerprint density at radius 3 is 2.89 bits per heavy atom. The van der Waals surface area contributed by atoms with Crippen molar-refractivity contribution in [3.8, 4) is 0 Å². The third-order valence-corrected chi connectivity index (χ3v) is 2.90. The third-order valence-electron chi connectivity index (χ3n) is 2.90. The van der Waals surface area contributed by atoms with Gasteiger partial charge in [-0.05, 0) is 11.6 Å². The van der Waals surface area contributed by atoms with Crippen LogP contribution in [-0.4, -0.2) is 36.4 Å². The van der Waals surface area contributed by atoms with Gasteiger partial charge in [0.05, 0.1) is 6.61 Å². The Labute approximate surface area is 106 Å². The van der Waals surface area contributed by atoms with Crippen LogP contribution >= 0.6 is 0 Å². The average molecular weight is 247 g/mol. The average Bonchev–Trinajstić information content (AvgIpc) is 2.83. The second kappa shape index (κ2) is 5.80. The lowest BCUT2D eigenvalue weighted by Crippen LogP contribution is -2.42. The molecule has 1 aromatic rings. The molecule has 0 spiro atoms. The highest BCUT2D eigenvalue weighted by Gasteiger charge is 2.32. The molecule has 0 bridgehead atoms. The summed E-state index contributed by atoms with van der Waals surface area (Å²) in [6, 6.07) is 9.59. The molecular weight excluding hydrogens is 230 g/mol. The van der Waals surface area contributed by atoms with Crippen molar-refractivity contribution in [2.75, 3.05) is 19.8 Å². The molecule has 0 radical (unpaired) electrons. The van der Waals surface area contributed by atoms with Gasteiger partial charge in [0.1, 0.15) is 5.60 Å². The molecule has 1 amide bonds. The van der Waals surface area contributed by atoms with Crippen molar-refractivity contribution in [2.45, 2.75) is 12.0 Å². The first-order valence-electron chi connectivity index (χ1n) is 5.99. The first kappa shape index (κ1) is 12.8. The van der Waals surface area contributed by atoms with Gasteiger partial charge in [0.25, 0.3) is 0 Å². The number of carbonyl (C=O) groups excluding carboxylic acids is 1. The highest BCUT2D eigenvalue weighted by atomic mass is 16.5. The van der Waals surface area contributed by atoms with Crippen LogP contribution in [0.3, 0.4) is 0 Å². The smallest absolute Gasteiger partial charge is 0.244 e. The predicted octanol–water partition coefficient (Wildman–Crippen LogP) is 0.967. The van der Waals surface area contributed by atoms with E-state index >= 15 is 0 Å². The molecule has 0 unspecified atom stereocenters. The summed E-state index contributed by atoms with van der Waals surface area (Å²) in [5, 5.41) is 12.6. The third kappa shape index (κ3) is 3.68. The summed E-state index contributed by atoms with van der Waals surface area (Å²) >= 11 is 0. The number of hydrogen-bond acceptors (Lipinski definition) is 3. The molecule has 0 saturated carbocycles. The van der Waals surface area contributed by atoms with E-state index in [0.717, 1.165) is 5.56 Å². The highest BCUT2D eigenvalue weighted by Crippen LogP contribution is 2.16. The predicted molar refractivity (Wildman–Crippen MR) is 68.9 cm³/mol. The van der Waals surface area contributed by atoms with E-state index in [1.165, 1.54) is 6.08 Å². The zero-order valence-electron chi connectivity index (χ0n) is 10.1. The first-order chi connectivity index (χ1) is 8.68. The van der Waals surface area contributed by atoms with E-state index in [-0.39, 0.29) is 19.1 Å². The van der Waals surface area contributed by atoms with Gasteiger partial charge in [-0.3, -0.25) is 4.79 Å². The number of ether oxygens (including phenoxy) is 1. The van der Waals surface area contributed by atoms with Gasteiger partial charge in [-0.15, -0.1) is 0 Å². The van der Waals surface area contributed by atoms with Crippen molar-refractivity contribution >= 4 is 12.0 Å². The Kier molecular flexibility index (Phi) is 4.12. The van der Waals surface area contributed by atoms with E-state index in [4.69, 9.17) is 4.74 Å². The van der Waals surface area contributed by atoms with Gasteiger partial charge < -0.3 is 15.2 Å². The second-order valence-corrected chi connectivity index (χ2v) is 4.49. The molecule has 1 saturated heterocycles. The molecule has 1 aliphatic heterocycles. The van der Waals surface area contributed by atoms with Gasteiger partial charge in [-0.1, -0.05) is 30.3 Å². The molecule has 2 N–H and O–H groups in total. The topological polar surface area (TPSA) is 58.6 Å². The van der Waals surface area contributed by atoms with Crippen LogP contribution in [0.1, 0.15) is 12.0 Å². The van der Waals surface area contributed by atoms with Gasteiger partial charge in [0.2, 0.25) is 5.91 Å². The lowest BCUT2D eigenvalue weighted by Gasteiger charge is -2.19. The number of hydrogen-bond donors (Lipinski definition) is 2. The molecule has 4 heteroatoms. The van der Waals surface area contributed by atoms with Crippen molar-refractivity contribution in [3.63, 3.8) is 0 Å². The number of carbonyl (C=O) groups is 1. The minimum absolute atomic E-state index is 0.209. The fraction of sp³-hybridized carbons (Fsp3) is 0.357. The maximum Gasteiger partial charge on any atom is 0.244 e. The minimum atomic E-state index is -0.907. The molecule has 1 fully saturated rings. The second-order valence-electron chi connectivity index (χ2n) is 4.49. The van der Waals surface area contributed by atoms with Crippen molar-refractivity contribution in [1.29, 1.82) is 0 Å². The van der Waals surface area contributed by atoms with Crippen LogP contribution < -0.4 is 5.32 Å². The van der Waals surface area contributed by atoms with Gasteiger partial charge in [-0.2, -0.15) is 0 Å². The molecular formula is C14H17NO3. The standard InChI is InChI=1S/C14H17NO3/c16-13(7-6-12-4-2-1-3-5-12)15-10-14(17)8-9-18-11-14/h1-7,17H,8-11H2,(H,15,16)/b7-6+/t14-/m1/s1. The summed E-state index contributed by atoms with van der Waals surface area (Å²) in [7, 11) is 0. The lowest BCUT2D eigenvalue weighted by atomic mass is 10.0. The molecule has 96 valence electrons. The van der Waals surface area contributed by atoms with Crippen LogP contribution in [0.15, 0.2) is 36.4 Å². The van der Waals surface area contributed by atoms with E-state index in [1.807, 2.05) is 30.3 Å². The maximum absolute atomic E-state index is 11.6. The number of rotatable bonds is 4. The zero-order chi connectivity index (χ0) is 12.8. The monoisotopic (exact) mass is 247 g/mol. The van der Waals surface area contributed by atoms with E-state index < -0.39 is 5.60 Å². The summed E-state index contributed by atoms with van der Waals surface area (Å²) in [5.74, 6) is -0.209. The molecule has 1 atom stereocenters. The minimum Gasteiger partial charge on any atom is -0.386 e. The van der Waals surface area contributed by atoms with Crippen LogP contribution in [0.25, 0.3) is 6.08 Å². The fourth-order valence-corrected chi connectivity index (χ4v) is 1.78. The zero-order valence-corrected chi connectivity index (χ0v) is 10.1. The van der Waals surface area contributed by atoms with Crippen molar-refractivity contribution in [3.05, 3.63) is 42.0 Å². The van der Waals surface area contributed by atoms with Crippen molar-refractivity contribution in [2.24, 2.45) is 0 Å². The summed E-state index contributed by atoms with van der Waals surface area (Å²) in [6.45, 7) is 1.06. The van der Waals surface area contributed by atoms with E-state index in [9.17, 15) is 9.90 Å². The van der Waals surface area contributed by atoms with Gasteiger partial charge >= 0.3 is 0 Å². The normalized spacial score (nSPS) is 23.4. The number of nitrogens with one attached hydrogen (secondary N) is 1. The number of amides is 1. The Morgan fingerprint density at radius 1 is 1.44 bits per heavy atom. The fourth-order valence-electron chi connectivity index (χ4n) is 1.78. The summed E-state index contributed by atoms with van der Waals surface area (Å²) < 4.78 is 5.10. The molecule has 1 aliphatic rings. The number of aliphatic hydroxyl groups is 1. The van der Waals surface area contributed by atoms with Crippen molar-refractivity contribution in [1.82, 2.24) is 5.32 Å². The molecule has 1 aromatic carbocycles. The Balaban J connectivity index is 1.80. The van der Waals surface area contributed by atoms with Crippen molar-refractivity contribution < 1.29 is 14.6 Å². The van der Waals surface area contributed by atoms with Gasteiger partial charge in [0.15, 0.2) is 0 Å². The van der Waals surface area contributed by atoms with Crippen LogP contribution in [0, 0.1) is 0 Å². The van der Waals surface area contributed by atoms with Crippen LogP contribution in [-0.2, 0) is 9.53 Å². The number of benzene rings is 1. The molecule has 0 aliphatic carbocycles. The maximum atomic E-state index is 11.6.